The molecule has 14 heavy (non-hydrogen) atoms. The smallest absolute Gasteiger partial charge is 0.320 e. The summed E-state index contributed by atoms with van der Waals surface area (Å²) in [6.07, 6.45) is 0.218. The van der Waals surface area contributed by atoms with Crippen LogP contribution in [-0.2, 0) is 11.2 Å². The molecular formula is C9H11ClFNO2. The normalized spacial score (nSPS) is 11.6. The average Bonchev–Trinajstić information content (AvgIpc) is 2.08. The Labute approximate surface area is 87.1 Å². The van der Waals surface area contributed by atoms with Gasteiger partial charge in [0, 0.05) is 0 Å². The first-order chi connectivity index (χ1) is 6.09. The topological polar surface area (TPSA) is 63.3 Å². The number of rotatable bonds is 3. The van der Waals surface area contributed by atoms with Crippen LogP contribution >= 0.6 is 12.4 Å². The lowest BCUT2D eigenvalue weighted by molar-refractivity contribution is -0.138. The predicted octanol–water partition coefficient (Wildman–Crippen LogP) is 1.20. The molecule has 0 saturated heterocycles. The van der Waals surface area contributed by atoms with Gasteiger partial charge < -0.3 is 10.8 Å². The van der Waals surface area contributed by atoms with E-state index in [0.29, 0.717) is 0 Å². The van der Waals surface area contributed by atoms with Crippen molar-refractivity contribution in [2.75, 3.05) is 0 Å². The maximum absolute atomic E-state index is 12.4. The molecule has 1 atom stereocenters. The van der Waals surface area contributed by atoms with Gasteiger partial charge in [0.05, 0.1) is 0 Å². The van der Waals surface area contributed by atoms with Crippen molar-refractivity contribution < 1.29 is 14.3 Å². The van der Waals surface area contributed by atoms with Gasteiger partial charge in [-0.05, 0) is 24.1 Å². The number of aliphatic carboxylic acids is 1. The lowest BCUT2D eigenvalue weighted by Crippen LogP contribution is -2.32. The summed E-state index contributed by atoms with van der Waals surface area (Å²) in [5, 5.41) is 8.50. The van der Waals surface area contributed by atoms with Crippen LogP contribution in [0.1, 0.15) is 5.56 Å². The number of halogens is 2. The molecule has 3 nitrogen and oxygen atoms in total. The van der Waals surface area contributed by atoms with Crippen LogP contribution in [0.2, 0.25) is 0 Å². The molecule has 0 amide bonds. The van der Waals surface area contributed by atoms with Gasteiger partial charge in [0.1, 0.15) is 11.9 Å². The lowest BCUT2D eigenvalue weighted by atomic mass is 10.1. The number of hydrogen-bond donors (Lipinski definition) is 2. The highest BCUT2D eigenvalue weighted by molar-refractivity contribution is 5.85. The Morgan fingerprint density at radius 1 is 1.43 bits per heavy atom. The number of carboxylic acid groups (broad SMARTS) is 1. The summed E-state index contributed by atoms with van der Waals surface area (Å²) in [5.41, 5.74) is 6.01. The van der Waals surface area contributed by atoms with Crippen LogP contribution in [0.15, 0.2) is 24.3 Å². The Hall–Kier alpha value is -1.13. The highest BCUT2D eigenvalue weighted by Crippen LogP contribution is 2.04. The summed E-state index contributed by atoms with van der Waals surface area (Å²) in [5.74, 6) is -1.39. The molecule has 0 fully saturated rings. The molecule has 0 spiro atoms. The average molecular weight is 220 g/mol. The molecule has 0 radical (unpaired) electrons. The molecule has 1 aromatic carbocycles. The second-order valence-corrected chi connectivity index (χ2v) is 2.78. The monoisotopic (exact) mass is 219 g/mol. The largest absolute Gasteiger partial charge is 0.480 e. The highest BCUT2D eigenvalue weighted by atomic mass is 35.5. The summed E-state index contributed by atoms with van der Waals surface area (Å²) < 4.78 is 12.4. The van der Waals surface area contributed by atoms with E-state index in [2.05, 4.69) is 0 Å². The fourth-order valence-electron chi connectivity index (χ4n) is 0.962. The highest BCUT2D eigenvalue weighted by Gasteiger charge is 2.11. The third kappa shape index (κ3) is 3.72. The lowest BCUT2D eigenvalue weighted by Gasteiger charge is -2.05. The Morgan fingerprint density at radius 3 is 2.36 bits per heavy atom. The zero-order chi connectivity index (χ0) is 9.84. The van der Waals surface area contributed by atoms with E-state index in [1.807, 2.05) is 0 Å². The van der Waals surface area contributed by atoms with Crippen LogP contribution in [-0.4, -0.2) is 17.1 Å². The Balaban J connectivity index is 0.00000169. The molecule has 1 rings (SSSR count). The van der Waals surface area contributed by atoms with Gasteiger partial charge in [0.15, 0.2) is 0 Å². The van der Waals surface area contributed by atoms with Gasteiger partial charge in [-0.15, -0.1) is 12.4 Å². The molecular weight excluding hydrogens is 209 g/mol. The molecule has 1 aromatic rings. The van der Waals surface area contributed by atoms with Crippen LogP contribution in [0.3, 0.4) is 0 Å². The van der Waals surface area contributed by atoms with E-state index in [-0.39, 0.29) is 24.6 Å². The first kappa shape index (κ1) is 12.9. The fraction of sp³-hybridized carbons (Fsp3) is 0.222. The van der Waals surface area contributed by atoms with Crippen LogP contribution in [0.5, 0.6) is 0 Å². The molecule has 0 heterocycles. The molecule has 3 N–H and O–H groups in total. The van der Waals surface area contributed by atoms with Gasteiger partial charge >= 0.3 is 5.97 Å². The molecule has 0 aliphatic carbocycles. The van der Waals surface area contributed by atoms with Crippen molar-refractivity contribution in [1.82, 2.24) is 0 Å². The Morgan fingerprint density at radius 2 is 1.93 bits per heavy atom. The van der Waals surface area contributed by atoms with Crippen molar-refractivity contribution in [3.8, 4) is 0 Å². The van der Waals surface area contributed by atoms with Gasteiger partial charge in [-0.3, -0.25) is 4.79 Å². The van der Waals surface area contributed by atoms with E-state index in [0.717, 1.165) is 5.56 Å². The van der Waals surface area contributed by atoms with Gasteiger partial charge in [0.25, 0.3) is 0 Å². The number of carboxylic acids is 1. The van der Waals surface area contributed by atoms with Crippen molar-refractivity contribution in [2.24, 2.45) is 5.73 Å². The Bertz CT molecular complexity index is 302. The molecule has 0 bridgehead atoms. The van der Waals surface area contributed by atoms with E-state index < -0.39 is 12.0 Å². The van der Waals surface area contributed by atoms with E-state index >= 15 is 0 Å². The number of hydrogen-bond acceptors (Lipinski definition) is 2. The van der Waals surface area contributed by atoms with E-state index in [1.165, 1.54) is 24.3 Å². The maximum Gasteiger partial charge on any atom is 0.320 e. The fourth-order valence-corrected chi connectivity index (χ4v) is 0.962. The summed E-state index contributed by atoms with van der Waals surface area (Å²) >= 11 is 0. The van der Waals surface area contributed by atoms with Crippen molar-refractivity contribution in [1.29, 1.82) is 0 Å². The van der Waals surface area contributed by atoms with Gasteiger partial charge in [-0.25, -0.2) is 4.39 Å². The van der Waals surface area contributed by atoms with Gasteiger partial charge in [0.2, 0.25) is 0 Å². The summed E-state index contributed by atoms with van der Waals surface area (Å²) in [6, 6.07) is 4.69. The summed E-state index contributed by atoms with van der Waals surface area (Å²) in [6.45, 7) is 0. The molecule has 0 aromatic heterocycles. The minimum Gasteiger partial charge on any atom is -0.480 e. The SMILES string of the molecule is Cl.N[C@H](Cc1ccc(F)cc1)C(=O)O. The number of benzene rings is 1. The zero-order valence-corrected chi connectivity index (χ0v) is 8.13. The van der Waals surface area contributed by atoms with Gasteiger partial charge in [-0.1, -0.05) is 12.1 Å². The molecule has 5 heteroatoms. The van der Waals surface area contributed by atoms with Crippen LogP contribution in [0.25, 0.3) is 0 Å². The summed E-state index contributed by atoms with van der Waals surface area (Å²) in [4.78, 5) is 10.4. The third-order valence-corrected chi connectivity index (χ3v) is 1.69. The third-order valence-electron chi connectivity index (χ3n) is 1.69. The van der Waals surface area contributed by atoms with Gasteiger partial charge in [-0.2, -0.15) is 0 Å². The van der Waals surface area contributed by atoms with Crippen molar-refractivity contribution >= 4 is 18.4 Å². The first-order valence-electron chi connectivity index (χ1n) is 3.82. The second-order valence-electron chi connectivity index (χ2n) is 2.78. The van der Waals surface area contributed by atoms with Crippen LogP contribution < -0.4 is 5.73 Å². The summed E-state index contributed by atoms with van der Waals surface area (Å²) in [7, 11) is 0. The molecule has 0 unspecified atom stereocenters. The predicted molar refractivity (Wildman–Crippen MR) is 53.0 cm³/mol. The van der Waals surface area contributed by atoms with E-state index in [1.54, 1.807) is 0 Å². The minimum atomic E-state index is -1.05. The molecule has 0 saturated carbocycles. The van der Waals surface area contributed by atoms with E-state index in [9.17, 15) is 9.18 Å². The Kier molecular flexibility index (Phi) is 5.12. The number of nitrogens with two attached hydrogens (primary N) is 1. The van der Waals surface area contributed by atoms with E-state index in [4.69, 9.17) is 10.8 Å². The van der Waals surface area contributed by atoms with Crippen LogP contribution in [0, 0.1) is 5.82 Å². The van der Waals surface area contributed by atoms with Crippen LogP contribution in [0.4, 0.5) is 4.39 Å². The maximum atomic E-state index is 12.4. The van der Waals surface area contributed by atoms with Crippen molar-refractivity contribution in [3.63, 3.8) is 0 Å². The molecule has 78 valence electrons. The quantitative estimate of drug-likeness (QED) is 0.803. The second kappa shape index (κ2) is 5.57. The first-order valence-corrected chi connectivity index (χ1v) is 3.82. The molecule has 0 aliphatic heterocycles. The minimum absolute atomic E-state index is 0. The van der Waals surface area contributed by atoms with Crippen molar-refractivity contribution in [2.45, 2.75) is 12.5 Å². The number of carbonyl (C=O) groups is 1. The standard InChI is InChI=1S/C9H10FNO2.ClH/c10-7-3-1-6(2-4-7)5-8(11)9(12)13;/h1-4,8H,5,11H2,(H,12,13);1H/t8-;/m1./s1. The zero-order valence-electron chi connectivity index (χ0n) is 7.31. The van der Waals surface area contributed by atoms with Crippen molar-refractivity contribution in [3.05, 3.63) is 35.6 Å². The molecule has 0 aliphatic rings.